The molecule has 0 saturated heterocycles. The first-order valence-electron chi connectivity index (χ1n) is 6.96. The smallest absolute Gasteiger partial charge is 0.0856 e. The van der Waals surface area contributed by atoms with Gasteiger partial charge in [-0.3, -0.25) is 0 Å². The largest absolute Gasteiger partial charge is 0.321 e. The van der Waals surface area contributed by atoms with E-state index in [0.717, 1.165) is 24.2 Å². The highest BCUT2D eigenvalue weighted by atomic mass is 15.5. The first-order valence-corrected chi connectivity index (χ1v) is 6.96. The van der Waals surface area contributed by atoms with E-state index in [1.54, 1.807) is 11.0 Å². The van der Waals surface area contributed by atoms with E-state index in [2.05, 4.69) is 34.5 Å². The molecule has 0 bridgehead atoms. The molecule has 0 aliphatic heterocycles. The van der Waals surface area contributed by atoms with Crippen molar-refractivity contribution in [2.24, 2.45) is 5.73 Å². The van der Waals surface area contributed by atoms with Crippen LogP contribution in [-0.2, 0) is 5.54 Å². The van der Waals surface area contributed by atoms with E-state index in [-0.39, 0.29) is 5.54 Å². The lowest BCUT2D eigenvalue weighted by Crippen LogP contribution is -2.38. The summed E-state index contributed by atoms with van der Waals surface area (Å²) in [5, 5.41) is 8.53. The summed E-state index contributed by atoms with van der Waals surface area (Å²) in [6.45, 7) is 1.94. The van der Waals surface area contributed by atoms with Crippen molar-refractivity contribution < 1.29 is 0 Å². The van der Waals surface area contributed by atoms with Crippen molar-refractivity contribution in [3.63, 3.8) is 0 Å². The van der Waals surface area contributed by atoms with Crippen LogP contribution in [0.15, 0.2) is 30.5 Å². The van der Waals surface area contributed by atoms with Crippen LogP contribution in [0, 0.1) is 6.92 Å². The molecule has 1 aliphatic rings. The molecule has 2 aromatic rings. The van der Waals surface area contributed by atoms with E-state index in [0.29, 0.717) is 0 Å². The molecule has 0 unspecified atom stereocenters. The Morgan fingerprint density at radius 3 is 2.37 bits per heavy atom. The highest BCUT2D eigenvalue weighted by Gasteiger charge is 2.29. The Kier molecular flexibility index (Phi) is 3.11. The Bertz CT molecular complexity index is 550. The second-order valence-corrected chi connectivity index (χ2v) is 5.54. The molecule has 0 amide bonds. The second kappa shape index (κ2) is 4.78. The molecule has 2 N–H and O–H groups in total. The van der Waals surface area contributed by atoms with E-state index in [4.69, 9.17) is 5.73 Å². The Hall–Kier alpha value is -1.68. The van der Waals surface area contributed by atoms with Gasteiger partial charge in [0.25, 0.3) is 0 Å². The van der Waals surface area contributed by atoms with Gasteiger partial charge in [0.1, 0.15) is 0 Å². The first kappa shape index (κ1) is 12.4. The zero-order chi connectivity index (χ0) is 13.3. The SMILES string of the molecule is Cc1cnn(-c2ccc(C3(N)CCCCC3)cc2)n1. The normalized spacial score (nSPS) is 18.4. The summed E-state index contributed by atoms with van der Waals surface area (Å²) in [6, 6.07) is 8.36. The molecule has 0 atom stereocenters. The summed E-state index contributed by atoms with van der Waals surface area (Å²) in [6.07, 6.45) is 7.72. The molecule has 4 nitrogen and oxygen atoms in total. The molecule has 3 rings (SSSR count). The van der Waals surface area contributed by atoms with Crippen LogP contribution in [0.4, 0.5) is 0 Å². The van der Waals surface area contributed by atoms with Gasteiger partial charge in [-0.15, -0.1) is 0 Å². The third-order valence-electron chi connectivity index (χ3n) is 4.03. The van der Waals surface area contributed by atoms with Crippen LogP contribution in [0.2, 0.25) is 0 Å². The number of rotatable bonds is 2. The minimum absolute atomic E-state index is 0.135. The average molecular weight is 256 g/mol. The molecule has 1 saturated carbocycles. The molecule has 1 heterocycles. The van der Waals surface area contributed by atoms with Crippen molar-refractivity contribution in [2.75, 3.05) is 0 Å². The number of nitrogens with zero attached hydrogens (tertiary/aromatic N) is 3. The van der Waals surface area contributed by atoms with Gasteiger partial charge in [0.15, 0.2) is 0 Å². The lowest BCUT2D eigenvalue weighted by Gasteiger charge is -2.34. The molecule has 4 heteroatoms. The van der Waals surface area contributed by atoms with E-state index in [9.17, 15) is 0 Å². The molecule has 1 aromatic carbocycles. The van der Waals surface area contributed by atoms with Crippen molar-refractivity contribution >= 4 is 0 Å². The summed E-state index contributed by atoms with van der Waals surface area (Å²) in [4.78, 5) is 1.66. The summed E-state index contributed by atoms with van der Waals surface area (Å²) >= 11 is 0. The van der Waals surface area contributed by atoms with Gasteiger partial charge in [0.2, 0.25) is 0 Å². The standard InChI is InChI=1S/C15H20N4/c1-12-11-17-19(18-12)14-7-5-13(6-8-14)15(16)9-3-2-4-10-15/h5-8,11H,2-4,9-10,16H2,1H3. The van der Waals surface area contributed by atoms with Gasteiger partial charge < -0.3 is 5.73 Å². The maximum absolute atomic E-state index is 6.54. The van der Waals surface area contributed by atoms with E-state index >= 15 is 0 Å². The predicted octanol–water partition coefficient (Wildman–Crippen LogP) is 2.69. The second-order valence-electron chi connectivity index (χ2n) is 5.54. The van der Waals surface area contributed by atoms with Crippen molar-refractivity contribution in [2.45, 2.75) is 44.6 Å². The van der Waals surface area contributed by atoms with E-state index in [1.165, 1.54) is 24.8 Å². The molecular weight excluding hydrogens is 236 g/mol. The third kappa shape index (κ3) is 2.40. The summed E-state index contributed by atoms with van der Waals surface area (Å²) < 4.78 is 0. The van der Waals surface area contributed by atoms with Crippen molar-refractivity contribution in [3.8, 4) is 5.69 Å². The van der Waals surface area contributed by atoms with Gasteiger partial charge in [-0.25, -0.2) is 0 Å². The number of hydrogen-bond donors (Lipinski definition) is 1. The fraction of sp³-hybridized carbons (Fsp3) is 0.467. The minimum atomic E-state index is -0.135. The van der Waals surface area contributed by atoms with Crippen LogP contribution in [0.25, 0.3) is 5.69 Å². The molecule has 100 valence electrons. The predicted molar refractivity (Wildman–Crippen MR) is 75.0 cm³/mol. The lowest BCUT2D eigenvalue weighted by molar-refractivity contribution is 0.302. The molecule has 0 radical (unpaired) electrons. The van der Waals surface area contributed by atoms with Crippen molar-refractivity contribution in [3.05, 3.63) is 41.7 Å². The summed E-state index contributed by atoms with van der Waals surface area (Å²) in [5.41, 5.74) is 9.54. The van der Waals surface area contributed by atoms with Crippen LogP contribution in [0.5, 0.6) is 0 Å². The van der Waals surface area contributed by atoms with Crippen LogP contribution >= 0.6 is 0 Å². The fourth-order valence-electron chi connectivity index (χ4n) is 2.86. The third-order valence-corrected chi connectivity index (χ3v) is 4.03. The van der Waals surface area contributed by atoms with Crippen LogP contribution in [0.1, 0.15) is 43.4 Å². The van der Waals surface area contributed by atoms with Gasteiger partial charge in [-0.2, -0.15) is 15.0 Å². The molecule has 1 fully saturated rings. The van der Waals surface area contributed by atoms with Gasteiger partial charge in [0.05, 0.1) is 17.6 Å². The molecule has 1 aromatic heterocycles. The maximum Gasteiger partial charge on any atom is 0.0856 e. The Labute approximate surface area is 113 Å². The average Bonchev–Trinajstić information content (AvgIpc) is 2.87. The van der Waals surface area contributed by atoms with Crippen molar-refractivity contribution in [1.82, 2.24) is 15.0 Å². The number of nitrogens with two attached hydrogens (primary N) is 1. The van der Waals surface area contributed by atoms with Crippen LogP contribution in [0.3, 0.4) is 0 Å². The van der Waals surface area contributed by atoms with Gasteiger partial charge in [-0.05, 0) is 37.5 Å². The molecular formula is C15H20N4. The highest BCUT2D eigenvalue weighted by molar-refractivity contribution is 5.36. The van der Waals surface area contributed by atoms with E-state index < -0.39 is 0 Å². The first-order chi connectivity index (χ1) is 9.17. The lowest BCUT2D eigenvalue weighted by atomic mass is 9.77. The molecule has 1 aliphatic carbocycles. The molecule has 19 heavy (non-hydrogen) atoms. The monoisotopic (exact) mass is 256 g/mol. The Morgan fingerprint density at radius 2 is 1.79 bits per heavy atom. The fourth-order valence-corrected chi connectivity index (χ4v) is 2.86. The minimum Gasteiger partial charge on any atom is -0.321 e. The van der Waals surface area contributed by atoms with Gasteiger partial charge in [-0.1, -0.05) is 31.4 Å². The zero-order valence-corrected chi connectivity index (χ0v) is 11.3. The highest BCUT2D eigenvalue weighted by Crippen LogP contribution is 2.34. The molecule has 0 spiro atoms. The van der Waals surface area contributed by atoms with Gasteiger partial charge >= 0.3 is 0 Å². The number of hydrogen-bond acceptors (Lipinski definition) is 3. The number of benzene rings is 1. The van der Waals surface area contributed by atoms with Gasteiger partial charge in [0, 0.05) is 5.54 Å². The van der Waals surface area contributed by atoms with E-state index in [1.807, 2.05) is 6.92 Å². The quantitative estimate of drug-likeness (QED) is 0.898. The maximum atomic E-state index is 6.54. The topological polar surface area (TPSA) is 56.7 Å². The van der Waals surface area contributed by atoms with Crippen molar-refractivity contribution in [1.29, 1.82) is 0 Å². The number of aryl methyl sites for hydroxylation is 1. The van der Waals surface area contributed by atoms with Crippen LogP contribution in [-0.4, -0.2) is 15.0 Å². The Balaban J connectivity index is 1.86. The van der Waals surface area contributed by atoms with Crippen LogP contribution < -0.4 is 5.73 Å². The summed E-state index contributed by atoms with van der Waals surface area (Å²) in [5.74, 6) is 0. The number of aromatic nitrogens is 3. The Morgan fingerprint density at radius 1 is 1.11 bits per heavy atom. The zero-order valence-electron chi connectivity index (χ0n) is 11.3. The summed E-state index contributed by atoms with van der Waals surface area (Å²) in [7, 11) is 0.